The maximum atomic E-state index is 12.7. The average Bonchev–Trinajstić information content (AvgIpc) is 2.50. The van der Waals surface area contributed by atoms with E-state index in [9.17, 15) is 4.79 Å². The number of hydrogen-bond donors (Lipinski definition) is 1. The summed E-state index contributed by atoms with van der Waals surface area (Å²) in [6.45, 7) is 0.883. The van der Waals surface area contributed by atoms with Gasteiger partial charge in [0.15, 0.2) is 6.10 Å². The molecule has 0 aliphatic carbocycles. The molecule has 1 aromatic rings. The number of piperidine rings is 1. The molecule has 4 heteroatoms. The van der Waals surface area contributed by atoms with Crippen molar-refractivity contribution in [2.45, 2.75) is 37.8 Å². The maximum Gasteiger partial charge on any atom is 0.256 e. The number of nitrogens with zero attached hydrogens (tertiary/aromatic N) is 1. The summed E-state index contributed by atoms with van der Waals surface area (Å²) in [4.78, 5) is 14.6. The molecule has 2 atom stereocenters. The van der Waals surface area contributed by atoms with E-state index < -0.39 is 6.10 Å². The molecular formula is C16H23NO3. The SMILES string of the molecule is COC(C(=O)N1CCCCC1CCO)c1ccccc1. The van der Waals surface area contributed by atoms with E-state index in [0.717, 1.165) is 31.4 Å². The van der Waals surface area contributed by atoms with Crippen LogP contribution in [0.5, 0.6) is 0 Å². The first-order valence-corrected chi connectivity index (χ1v) is 7.27. The number of benzene rings is 1. The van der Waals surface area contributed by atoms with Gasteiger partial charge < -0.3 is 14.7 Å². The molecule has 20 heavy (non-hydrogen) atoms. The summed E-state index contributed by atoms with van der Waals surface area (Å²) in [5.74, 6) is 0.0110. The second-order valence-electron chi connectivity index (χ2n) is 5.22. The summed E-state index contributed by atoms with van der Waals surface area (Å²) >= 11 is 0. The third-order valence-corrected chi connectivity index (χ3v) is 3.93. The molecule has 110 valence electrons. The molecule has 1 heterocycles. The maximum absolute atomic E-state index is 12.7. The van der Waals surface area contributed by atoms with Gasteiger partial charge in [0.05, 0.1) is 0 Å². The largest absolute Gasteiger partial charge is 0.396 e. The minimum Gasteiger partial charge on any atom is -0.396 e. The fraction of sp³-hybridized carbons (Fsp3) is 0.562. The van der Waals surface area contributed by atoms with Gasteiger partial charge in [-0.05, 0) is 31.2 Å². The van der Waals surface area contributed by atoms with Gasteiger partial charge in [0.25, 0.3) is 5.91 Å². The molecule has 1 N–H and O–H groups in total. The molecule has 1 amide bonds. The van der Waals surface area contributed by atoms with Crippen molar-refractivity contribution in [2.75, 3.05) is 20.3 Å². The number of aliphatic hydroxyl groups excluding tert-OH is 1. The Kier molecular flexibility index (Phi) is 5.56. The van der Waals surface area contributed by atoms with Crippen LogP contribution in [0, 0.1) is 0 Å². The van der Waals surface area contributed by atoms with Crippen LogP contribution in [-0.2, 0) is 9.53 Å². The van der Waals surface area contributed by atoms with Gasteiger partial charge in [-0.25, -0.2) is 0 Å². The molecule has 1 aliphatic heterocycles. The number of aliphatic hydroxyl groups is 1. The van der Waals surface area contributed by atoms with E-state index in [0.29, 0.717) is 6.42 Å². The fourth-order valence-corrected chi connectivity index (χ4v) is 2.90. The summed E-state index contributed by atoms with van der Waals surface area (Å²) in [7, 11) is 1.57. The van der Waals surface area contributed by atoms with Gasteiger partial charge in [0.1, 0.15) is 0 Å². The van der Waals surface area contributed by atoms with Crippen LogP contribution in [0.2, 0.25) is 0 Å². The molecule has 1 saturated heterocycles. The van der Waals surface area contributed by atoms with Crippen LogP contribution in [0.4, 0.5) is 0 Å². The second kappa shape index (κ2) is 7.41. The van der Waals surface area contributed by atoms with Crippen LogP contribution in [0.25, 0.3) is 0 Å². The van der Waals surface area contributed by atoms with Crippen LogP contribution < -0.4 is 0 Å². The molecular weight excluding hydrogens is 254 g/mol. The quantitative estimate of drug-likeness (QED) is 0.897. The lowest BCUT2D eigenvalue weighted by atomic mass is 9.97. The van der Waals surface area contributed by atoms with E-state index in [4.69, 9.17) is 9.84 Å². The van der Waals surface area contributed by atoms with Crippen molar-refractivity contribution in [1.82, 2.24) is 4.90 Å². The van der Waals surface area contributed by atoms with Gasteiger partial charge in [-0.3, -0.25) is 4.79 Å². The molecule has 0 spiro atoms. The first kappa shape index (κ1) is 15.0. The van der Waals surface area contributed by atoms with Crippen molar-refractivity contribution in [3.05, 3.63) is 35.9 Å². The number of carbonyl (C=O) groups is 1. The number of carbonyl (C=O) groups excluding carboxylic acids is 1. The molecule has 0 radical (unpaired) electrons. The lowest BCUT2D eigenvalue weighted by Gasteiger charge is -2.37. The Hall–Kier alpha value is -1.39. The fourth-order valence-electron chi connectivity index (χ4n) is 2.90. The molecule has 4 nitrogen and oxygen atoms in total. The Balaban J connectivity index is 2.14. The van der Waals surface area contributed by atoms with Crippen molar-refractivity contribution in [3.8, 4) is 0 Å². The zero-order chi connectivity index (χ0) is 14.4. The van der Waals surface area contributed by atoms with Crippen LogP contribution in [0.1, 0.15) is 37.4 Å². The number of rotatable bonds is 5. The predicted octanol–water partition coefficient (Wildman–Crippen LogP) is 2.14. The summed E-state index contributed by atoms with van der Waals surface area (Å²) in [5, 5.41) is 9.16. The van der Waals surface area contributed by atoms with Gasteiger partial charge >= 0.3 is 0 Å². The van der Waals surface area contributed by atoms with Crippen molar-refractivity contribution >= 4 is 5.91 Å². The van der Waals surface area contributed by atoms with E-state index in [-0.39, 0.29) is 18.6 Å². The predicted molar refractivity (Wildman–Crippen MR) is 77.2 cm³/mol. The molecule has 0 bridgehead atoms. The minimum absolute atomic E-state index is 0.0110. The molecule has 1 aliphatic rings. The Bertz CT molecular complexity index is 419. The lowest BCUT2D eigenvalue weighted by Crippen LogP contribution is -2.46. The number of amides is 1. The first-order valence-electron chi connectivity index (χ1n) is 7.27. The van der Waals surface area contributed by atoms with E-state index >= 15 is 0 Å². The molecule has 2 rings (SSSR count). The number of methoxy groups -OCH3 is 1. The van der Waals surface area contributed by atoms with Crippen LogP contribution in [0.15, 0.2) is 30.3 Å². The van der Waals surface area contributed by atoms with E-state index in [2.05, 4.69) is 0 Å². The average molecular weight is 277 g/mol. The van der Waals surface area contributed by atoms with Gasteiger partial charge in [-0.15, -0.1) is 0 Å². The summed E-state index contributed by atoms with van der Waals surface area (Å²) in [5.41, 5.74) is 0.883. The van der Waals surface area contributed by atoms with Crippen molar-refractivity contribution in [2.24, 2.45) is 0 Å². The standard InChI is InChI=1S/C16H23NO3/c1-20-15(13-7-3-2-4-8-13)16(19)17-11-6-5-9-14(17)10-12-18/h2-4,7-8,14-15,18H,5-6,9-12H2,1H3. The summed E-state index contributed by atoms with van der Waals surface area (Å²) < 4.78 is 5.42. The number of likely N-dealkylation sites (tertiary alicyclic amines) is 1. The Morgan fingerprint density at radius 1 is 1.40 bits per heavy atom. The highest BCUT2D eigenvalue weighted by Gasteiger charge is 2.31. The zero-order valence-electron chi connectivity index (χ0n) is 12.0. The molecule has 1 aromatic carbocycles. The van der Waals surface area contributed by atoms with Crippen LogP contribution >= 0.6 is 0 Å². The second-order valence-corrected chi connectivity index (χ2v) is 5.22. The highest BCUT2D eigenvalue weighted by molar-refractivity contribution is 5.82. The van der Waals surface area contributed by atoms with Gasteiger partial charge in [-0.1, -0.05) is 30.3 Å². The summed E-state index contributed by atoms with van der Waals surface area (Å²) in [6.07, 6.45) is 3.22. The number of ether oxygens (including phenoxy) is 1. The molecule has 0 saturated carbocycles. The molecule has 2 unspecified atom stereocenters. The smallest absolute Gasteiger partial charge is 0.256 e. The normalized spacial score (nSPS) is 20.7. The van der Waals surface area contributed by atoms with E-state index in [1.807, 2.05) is 35.2 Å². The monoisotopic (exact) mass is 277 g/mol. The third-order valence-electron chi connectivity index (χ3n) is 3.93. The molecule has 0 aromatic heterocycles. The minimum atomic E-state index is -0.546. The van der Waals surface area contributed by atoms with Gasteiger partial charge in [0.2, 0.25) is 0 Å². The van der Waals surface area contributed by atoms with Gasteiger partial charge in [-0.2, -0.15) is 0 Å². The van der Waals surface area contributed by atoms with Crippen LogP contribution in [0.3, 0.4) is 0 Å². The third kappa shape index (κ3) is 3.38. The van der Waals surface area contributed by atoms with Crippen LogP contribution in [-0.4, -0.2) is 42.2 Å². The van der Waals surface area contributed by atoms with Crippen molar-refractivity contribution in [3.63, 3.8) is 0 Å². The lowest BCUT2D eigenvalue weighted by molar-refractivity contribution is -0.146. The highest BCUT2D eigenvalue weighted by atomic mass is 16.5. The van der Waals surface area contributed by atoms with Crippen molar-refractivity contribution < 1.29 is 14.6 Å². The zero-order valence-corrected chi connectivity index (χ0v) is 12.0. The topological polar surface area (TPSA) is 49.8 Å². The Morgan fingerprint density at radius 3 is 2.80 bits per heavy atom. The van der Waals surface area contributed by atoms with E-state index in [1.54, 1.807) is 7.11 Å². The Labute approximate surface area is 120 Å². The van der Waals surface area contributed by atoms with Crippen molar-refractivity contribution in [1.29, 1.82) is 0 Å². The Morgan fingerprint density at radius 2 is 2.15 bits per heavy atom. The van der Waals surface area contributed by atoms with Gasteiger partial charge in [0, 0.05) is 26.3 Å². The molecule has 1 fully saturated rings. The highest BCUT2D eigenvalue weighted by Crippen LogP contribution is 2.26. The number of hydrogen-bond acceptors (Lipinski definition) is 3. The first-order chi connectivity index (χ1) is 9.77. The van der Waals surface area contributed by atoms with E-state index in [1.165, 1.54) is 0 Å². The summed E-state index contributed by atoms with van der Waals surface area (Å²) in [6, 6.07) is 9.72.